The summed E-state index contributed by atoms with van der Waals surface area (Å²) in [5.41, 5.74) is -3.94. The average Bonchev–Trinajstić information content (AvgIpc) is 2.89. The number of quaternary nitrogens is 1. The van der Waals surface area contributed by atoms with Crippen LogP contribution in [0.15, 0.2) is 36.4 Å². The number of ether oxygens (including phenoxy) is 1. The predicted molar refractivity (Wildman–Crippen MR) is 136 cm³/mol. The van der Waals surface area contributed by atoms with E-state index >= 15 is 0 Å². The normalized spacial score (nSPS) is 19.4. The van der Waals surface area contributed by atoms with Gasteiger partial charge < -0.3 is 20.1 Å². The number of alkyl halides is 3. The van der Waals surface area contributed by atoms with Gasteiger partial charge in [0.05, 0.1) is 25.8 Å². The van der Waals surface area contributed by atoms with Crippen molar-refractivity contribution in [3.63, 3.8) is 0 Å². The van der Waals surface area contributed by atoms with Crippen LogP contribution in [-0.2, 0) is 10.4 Å². The van der Waals surface area contributed by atoms with Crippen molar-refractivity contribution in [2.24, 2.45) is 5.92 Å². The van der Waals surface area contributed by atoms with E-state index in [0.717, 1.165) is 55.2 Å². The maximum atomic E-state index is 13.8. The number of amides is 2. The van der Waals surface area contributed by atoms with E-state index in [9.17, 15) is 27.9 Å². The number of rotatable bonds is 9. The molecule has 2 heterocycles. The number of carbonyl (C=O) groups is 2. The van der Waals surface area contributed by atoms with Crippen LogP contribution < -0.4 is 15.0 Å². The summed E-state index contributed by atoms with van der Waals surface area (Å²) in [6.07, 6.45) is -2.27. The van der Waals surface area contributed by atoms with E-state index < -0.39 is 23.2 Å². The van der Waals surface area contributed by atoms with Crippen LogP contribution in [0.4, 0.5) is 19.0 Å². The minimum absolute atomic E-state index is 0.00674. The minimum atomic E-state index is -5.21. The molecule has 208 valence electrons. The summed E-state index contributed by atoms with van der Waals surface area (Å²) in [6, 6.07) is 8.24. The second kappa shape index (κ2) is 12.3. The Kier molecular flexibility index (Phi) is 9.61. The number of hydrogen-bond acceptors (Lipinski definition) is 5. The summed E-state index contributed by atoms with van der Waals surface area (Å²) in [6.45, 7) is 1.60. The fraction of sp³-hybridized carbons (Fsp3) is 0.500. The van der Waals surface area contributed by atoms with Gasteiger partial charge in [-0.1, -0.05) is 23.7 Å². The second-order valence-corrected chi connectivity index (χ2v) is 9.98. The van der Waals surface area contributed by atoms with Crippen LogP contribution in [0.2, 0.25) is 5.15 Å². The molecule has 1 fully saturated rings. The van der Waals surface area contributed by atoms with E-state index in [0.29, 0.717) is 17.9 Å². The number of carbonyl (C=O) groups excluding carboxylic acids is 2. The monoisotopic (exact) mass is 557 g/mol. The molecule has 1 aromatic carbocycles. The van der Waals surface area contributed by atoms with E-state index in [-0.39, 0.29) is 23.4 Å². The average molecular weight is 558 g/mol. The molecule has 2 aromatic rings. The highest BCUT2D eigenvalue weighted by Gasteiger charge is 2.60. The summed E-state index contributed by atoms with van der Waals surface area (Å²) in [5, 5.41) is 12.9. The molecular formula is C26H33ClF3N4O4+. The van der Waals surface area contributed by atoms with Gasteiger partial charge in [0.25, 0.3) is 17.4 Å². The number of aliphatic hydroxyl groups is 1. The van der Waals surface area contributed by atoms with Crippen molar-refractivity contribution in [2.45, 2.75) is 37.5 Å². The second-order valence-electron chi connectivity index (χ2n) is 9.62. The van der Waals surface area contributed by atoms with E-state index in [2.05, 4.69) is 10.3 Å². The number of methoxy groups -OCH3 is 1. The Labute approximate surface area is 224 Å². The zero-order valence-electron chi connectivity index (χ0n) is 21.6. The highest BCUT2D eigenvalue weighted by atomic mass is 35.5. The van der Waals surface area contributed by atoms with Gasteiger partial charge in [0, 0.05) is 32.3 Å². The van der Waals surface area contributed by atoms with Crippen molar-refractivity contribution >= 4 is 29.2 Å². The largest absolute Gasteiger partial charge is 0.497 e. The Morgan fingerprint density at radius 3 is 2.47 bits per heavy atom. The molecule has 38 heavy (non-hydrogen) atoms. The standard InChI is InChI=1S/C26H32ClF3N4O4/c1-33(2)23(35)20-9-10-21(32-22(20)27)34-14-11-17(12-15-34)6-5-13-31-24(36)25(37,26(28,29)30)18-7-4-8-19(16-18)38-3/h4,7-10,16-17,37H,5-6,11-15H2,1-3H3,(H,31,36)/p+1/t25-/m1/s1. The lowest BCUT2D eigenvalue weighted by Gasteiger charge is -2.30. The van der Waals surface area contributed by atoms with E-state index in [4.69, 9.17) is 16.3 Å². The summed E-state index contributed by atoms with van der Waals surface area (Å²) >= 11 is 6.24. The smallest absolute Gasteiger partial charge is 0.430 e. The van der Waals surface area contributed by atoms with Crippen LogP contribution in [0.1, 0.15) is 41.6 Å². The molecule has 2 amide bonds. The number of nitrogens with one attached hydrogen (secondary N) is 2. The third-order valence-corrected chi connectivity index (χ3v) is 7.15. The third kappa shape index (κ3) is 6.57. The zero-order chi connectivity index (χ0) is 28.1. The molecule has 1 saturated heterocycles. The Hall–Kier alpha value is -2.89. The molecule has 0 spiro atoms. The molecule has 0 bridgehead atoms. The molecule has 8 nitrogen and oxygen atoms in total. The van der Waals surface area contributed by atoms with E-state index in [1.807, 2.05) is 0 Å². The van der Waals surface area contributed by atoms with E-state index in [1.165, 1.54) is 24.1 Å². The Balaban J connectivity index is 1.50. The summed E-state index contributed by atoms with van der Waals surface area (Å²) in [5.74, 6) is -0.522. The van der Waals surface area contributed by atoms with Crippen molar-refractivity contribution in [1.82, 2.24) is 15.2 Å². The highest BCUT2D eigenvalue weighted by molar-refractivity contribution is 6.32. The van der Waals surface area contributed by atoms with Gasteiger partial charge in [-0.2, -0.15) is 18.2 Å². The van der Waals surface area contributed by atoms with Gasteiger partial charge in [-0.15, -0.1) is 0 Å². The first-order chi connectivity index (χ1) is 17.9. The van der Waals surface area contributed by atoms with Crippen molar-refractivity contribution in [3.05, 3.63) is 52.7 Å². The SMILES string of the molecule is COc1cccc([C@@](O)(C(=O)NCCCC2CC[NH+](c3ccc(C(=O)N(C)C)c(Cl)n3)CC2)C(F)(F)F)c1. The number of benzene rings is 1. The lowest BCUT2D eigenvalue weighted by Crippen LogP contribution is -3.08. The molecule has 12 heteroatoms. The summed E-state index contributed by atoms with van der Waals surface area (Å²) in [7, 11) is 4.57. The van der Waals surface area contributed by atoms with Crippen molar-refractivity contribution in [3.8, 4) is 5.75 Å². The lowest BCUT2D eigenvalue weighted by molar-refractivity contribution is -0.842. The molecule has 1 aromatic heterocycles. The molecule has 1 aliphatic heterocycles. The Bertz CT molecular complexity index is 1140. The van der Waals surface area contributed by atoms with Gasteiger partial charge in [0.1, 0.15) is 10.9 Å². The van der Waals surface area contributed by atoms with E-state index in [1.54, 1.807) is 26.2 Å². The number of nitrogens with zero attached hydrogens (tertiary/aromatic N) is 2. The predicted octanol–water partition coefficient (Wildman–Crippen LogP) is 2.72. The topological polar surface area (TPSA) is 96.2 Å². The Morgan fingerprint density at radius 2 is 1.89 bits per heavy atom. The molecular weight excluding hydrogens is 525 g/mol. The van der Waals surface area contributed by atoms with Crippen LogP contribution in [0.25, 0.3) is 0 Å². The third-order valence-electron chi connectivity index (χ3n) is 6.86. The molecule has 0 aliphatic carbocycles. The first-order valence-corrected chi connectivity index (χ1v) is 12.7. The van der Waals surface area contributed by atoms with Gasteiger partial charge >= 0.3 is 6.18 Å². The minimum Gasteiger partial charge on any atom is -0.497 e. The first kappa shape index (κ1) is 29.7. The van der Waals surface area contributed by atoms with Crippen LogP contribution >= 0.6 is 11.6 Å². The Morgan fingerprint density at radius 1 is 1.21 bits per heavy atom. The van der Waals surface area contributed by atoms with Gasteiger partial charge in [-0.25, -0.2) is 0 Å². The summed E-state index contributed by atoms with van der Waals surface area (Å²) < 4.78 is 46.3. The van der Waals surface area contributed by atoms with Gasteiger partial charge in [0.15, 0.2) is 0 Å². The first-order valence-electron chi connectivity index (χ1n) is 12.3. The number of pyridine rings is 1. The molecule has 3 N–H and O–H groups in total. The maximum absolute atomic E-state index is 13.8. The number of piperidine rings is 1. The van der Waals surface area contributed by atoms with Crippen LogP contribution in [0.3, 0.4) is 0 Å². The highest BCUT2D eigenvalue weighted by Crippen LogP contribution is 2.40. The van der Waals surface area contributed by atoms with Crippen LogP contribution in [-0.4, -0.2) is 73.8 Å². The molecule has 0 radical (unpaired) electrons. The number of hydrogen-bond donors (Lipinski definition) is 3. The molecule has 3 rings (SSSR count). The number of aromatic nitrogens is 1. The zero-order valence-corrected chi connectivity index (χ0v) is 22.3. The van der Waals surface area contributed by atoms with Crippen molar-refractivity contribution in [2.75, 3.05) is 40.8 Å². The fourth-order valence-electron chi connectivity index (χ4n) is 4.59. The van der Waals surface area contributed by atoms with Crippen molar-refractivity contribution < 1.29 is 37.5 Å². The maximum Gasteiger partial charge on any atom is 0.430 e. The van der Waals surface area contributed by atoms with Crippen LogP contribution in [0.5, 0.6) is 5.75 Å². The van der Waals surface area contributed by atoms with Crippen LogP contribution in [0, 0.1) is 5.92 Å². The van der Waals surface area contributed by atoms with Gasteiger partial charge in [-0.05, 0) is 49.8 Å². The molecule has 0 unspecified atom stereocenters. The lowest BCUT2D eigenvalue weighted by atomic mass is 9.91. The van der Waals surface area contributed by atoms with Gasteiger partial charge in [-0.3, -0.25) is 14.5 Å². The fourth-order valence-corrected chi connectivity index (χ4v) is 4.83. The van der Waals surface area contributed by atoms with Crippen molar-refractivity contribution in [1.29, 1.82) is 0 Å². The molecule has 0 saturated carbocycles. The number of halogens is 4. The van der Waals surface area contributed by atoms with Gasteiger partial charge in [0.2, 0.25) is 5.82 Å². The molecule has 1 atom stereocenters. The quantitative estimate of drug-likeness (QED) is 0.325. The summed E-state index contributed by atoms with van der Waals surface area (Å²) in [4.78, 5) is 31.7. The molecule has 1 aliphatic rings.